The lowest BCUT2D eigenvalue weighted by Gasteiger charge is -2.20. The summed E-state index contributed by atoms with van der Waals surface area (Å²) in [6, 6.07) is 29.7. The van der Waals surface area contributed by atoms with Gasteiger partial charge in [0.25, 0.3) is 0 Å². The summed E-state index contributed by atoms with van der Waals surface area (Å²) in [4.78, 5) is 0. The molecule has 2 aliphatic rings. The third kappa shape index (κ3) is 10.1. The molecule has 0 nitrogen and oxygen atoms in total. The van der Waals surface area contributed by atoms with E-state index >= 15 is 0 Å². The van der Waals surface area contributed by atoms with Crippen LogP contribution in [0.4, 0.5) is 0 Å². The van der Waals surface area contributed by atoms with Crippen LogP contribution in [0.25, 0.3) is 5.57 Å². The van der Waals surface area contributed by atoms with E-state index in [-0.39, 0.29) is 0 Å². The lowest BCUT2D eigenvalue weighted by Crippen LogP contribution is -2.06. The van der Waals surface area contributed by atoms with Crippen molar-refractivity contribution in [3.8, 4) is 0 Å². The summed E-state index contributed by atoms with van der Waals surface area (Å²) in [5, 5.41) is 0. The molecular formula is C36H44. The van der Waals surface area contributed by atoms with Crippen molar-refractivity contribution in [1.82, 2.24) is 0 Å². The number of benzene rings is 3. The van der Waals surface area contributed by atoms with Crippen molar-refractivity contribution in [2.75, 3.05) is 0 Å². The maximum atomic E-state index is 2.32. The Labute approximate surface area is 220 Å². The van der Waals surface area contributed by atoms with Gasteiger partial charge < -0.3 is 0 Å². The highest BCUT2D eigenvalue weighted by molar-refractivity contribution is 5.75. The summed E-state index contributed by atoms with van der Waals surface area (Å²) in [7, 11) is 0. The Morgan fingerprint density at radius 2 is 1.17 bits per heavy atom. The Hall–Kier alpha value is -3.38. The topological polar surface area (TPSA) is 0 Å². The molecule has 2 unspecified atom stereocenters. The molecule has 2 aliphatic carbocycles. The average Bonchev–Trinajstić information content (AvgIpc) is 2.93. The zero-order valence-electron chi connectivity index (χ0n) is 23.1. The number of hydrogen-bond donors (Lipinski definition) is 0. The van der Waals surface area contributed by atoms with Crippen molar-refractivity contribution in [1.29, 1.82) is 0 Å². The van der Waals surface area contributed by atoms with E-state index in [1.165, 1.54) is 46.2 Å². The third-order valence-corrected chi connectivity index (χ3v) is 6.23. The molecule has 0 N–H and O–H groups in total. The zero-order chi connectivity index (χ0) is 26.2. The molecule has 0 fully saturated rings. The highest BCUT2D eigenvalue weighted by atomic mass is 14.2. The normalized spacial score (nSPS) is 17.6. The molecule has 3 aromatic rings. The zero-order valence-corrected chi connectivity index (χ0v) is 23.1. The number of rotatable bonds is 2. The molecule has 0 aromatic heterocycles. The van der Waals surface area contributed by atoms with Crippen LogP contribution in [0.3, 0.4) is 0 Å². The lowest BCUT2D eigenvalue weighted by atomic mass is 9.84. The molecule has 0 heterocycles. The SMILES string of the molecule is CC.CC1=CC(c2ccccc2)=CCC1.CC1C=CC=CC1c1ccccc1.Cc1ccc(C)cc1. The summed E-state index contributed by atoms with van der Waals surface area (Å²) in [5.74, 6) is 1.18. The van der Waals surface area contributed by atoms with Gasteiger partial charge in [0, 0.05) is 5.92 Å². The van der Waals surface area contributed by atoms with Crippen LogP contribution in [0.5, 0.6) is 0 Å². The second kappa shape index (κ2) is 16.3. The van der Waals surface area contributed by atoms with Crippen molar-refractivity contribution in [3.63, 3.8) is 0 Å². The van der Waals surface area contributed by atoms with Gasteiger partial charge in [0.15, 0.2) is 0 Å². The molecule has 0 aliphatic heterocycles. The van der Waals surface area contributed by atoms with E-state index in [1.54, 1.807) is 0 Å². The van der Waals surface area contributed by atoms with Crippen molar-refractivity contribution in [2.24, 2.45) is 5.92 Å². The van der Waals surface area contributed by atoms with Crippen molar-refractivity contribution in [3.05, 3.63) is 149 Å². The molecule has 0 saturated heterocycles. The van der Waals surface area contributed by atoms with E-state index in [2.05, 4.69) is 149 Å². The molecule has 0 amide bonds. The van der Waals surface area contributed by atoms with E-state index in [9.17, 15) is 0 Å². The van der Waals surface area contributed by atoms with Gasteiger partial charge in [0.05, 0.1) is 0 Å². The van der Waals surface area contributed by atoms with Crippen molar-refractivity contribution < 1.29 is 0 Å². The van der Waals surface area contributed by atoms with Gasteiger partial charge >= 0.3 is 0 Å². The molecule has 0 spiro atoms. The van der Waals surface area contributed by atoms with Gasteiger partial charge in [-0.2, -0.15) is 0 Å². The van der Waals surface area contributed by atoms with Gasteiger partial charge in [-0.25, -0.2) is 0 Å². The van der Waals surface area contributed by atoms with Crippen LogP contribution in [0, 0.1) is 19.8 Å². The molecule has 3 aromatic carbocycles. The Kier molecular flexibility index (Phi) is 13.1. The van der Waals surface area contributed by atoms with E-state index in [0.717, 1.165) is 0 Å². The Bertz CT molecular complexity index is 1090. The van der Waals surface area contributed by atoms with Gasteiger partial charge in [-0.3, -0.25) is 0 Å². The summed E-state index contributed by atoms with van der Waals surface area (Å²) in [5.41, 5.74) is 8.27. The van der Waals surface area contributed by atoms with Crippen LogP contribution in [0.15, 0.2) is 127 Å². The average molecular weight is 477 g/mol. The van der Waals surface area contributed by atoms with Gasteiger partial charge in [0.2, 0.25) is 0 Å². The van der Waals surface area contributed by atoms with Gasteiger partial charge in [-0.05, 0) is 56.2 Å². The maximum absolute atomic E-state index is 2.32. The van der Waals surface area contributed by atoms with Gasteiger partial charge in [-0.15, -0.1) is 0 Å². The van der Waals surface area contributed by atoms with Gasteiger partial charge in [0.1, 0.15) is 0 Å². The van der Waals surface area contributed by atoms with Crippen LogP contribution >= 0.6 is 0 Å². The number of aryl methyl sites for hydroxylation is 2. The first-order valence-electron chi connectivity index (χ1n) is 13.4. The highest BCUT2D eigenvalue weighted by Crippen LogP contribution is 2.29. The Morgan fingerprint density at radius 1 is 0.639 bits per heavy atom. The Balaban J connectivity index is 0.000000189. The third-order valence-electron chi connectivity index (χ3n) is 6.23. The fourth-order valence-corrected chi connectivity index (χ4v) is 4.13. The molecule has 0 saturated carbocycles. The van der Waals surface area contributed by atoms with Gasteiger partial charge in [-0.1, -0.05) is 159 Å². The summed E-state index contributed by atoms with van der Waals surface area (Å²) >= 11 is 0. The van der Waals surface area contributed by atoms with Crippen LogP contribution < -0.4 is 0 Å². The second-order valence-electron chi connectivity index (χ2n) is 9.27. The number of allylic oxidation sites excluding steroid dienone is 8. The van der Waals surface area contributed by atoms with E-state index in [1.807, 2.05) is 13.8 Å². The summed E-state index contributed by atoms with van der Waals surface area (Å²) in [6.45, 7) is 12.7. The molecule has 5 rings (SSSR count). The van der Waals surface area contributed by atoms with Crippen LogP contribution in [0.1, 0.15) is 68.7 Å². The fourth-order valence-electron chi connectivity index (χ4n) is 4.13. The predicted molar refractivity (Wildman–Crippen MR) is 161 cm³/mol. The van der Waals surface area contributed by atoms with E-state index in [4.69, 9.17) is 0 Å². The molecule has 2 atom stereocenters. The molecule has 188 valence electrons. The minimum absolute atomic E-state index is 0.561. The van der Waals surface area contributed by atoms with Crippen LogP contribution in [-0.4, -0.2) is 0 Å². The maximum Gasteiger partial charge on any atom is 0.00813 e. The van der Waals surface area contributed by atoms with E-state index in [0.29, 0.717) is 11.8 Å². The minimum atomic E-state index is 0.561. The van der Waals surface area contributed by atoms with Crippen molar-refractivity contribution >= 4 is 5.57 Å². The summed E-state index contributed by atoms with van der Waals surface area (Å²) in [6.07, 6.45) is 15.8. The second-order valence-corrected chi connectivity index (χ2v) is 9.27. The molecule has 0 heteroatoms. The largest absolute Gasteiger partial charge is 0.0808 e. The van der Waals surface area contributed by atoms with Crippen molar-refractivity contribution in [2.45, 2.75) is 60.3 Å². The quantitative estimate of drug-likeness (QED) is 0.345. The standard InChI is InChI=1S/2C13H14.C8H10.C2H6/c1-11-7-5-6-10-13(11)12-8-3-2-4-9-12;1-11-6-5-9-13(10-11)12-7-3-2-4-8-12;1-7-3-5-8(2)6-4-7;1-2/h2-11,13H,1H3;2-4,7-10H,5-6H2,1H3;3-6H,1-2H3;1-2H3. The van der Waals surface area contributed by atoms with Crippen LogP contribution in [-0.2, 0) is 0 Å². The first-order chi connectivity index (χ1) is 17.5. The fraction of sp³-hybridized carbons (Fsp3) is 0.278. The highest BCUT2D eigenvalue weighted by Gasteiger charge is 2.15. The lowest BCUT2D eigenvalue weighted by molar-refractivity contribution is 0.635. The first kappa shape index (κ1) is 28.9. The first-order valence-corrected chi connectivity index (χ1v) is 13.4. The van der Waals surface area contributed by atoms with E-state index < -0.39 is 0 Å². The smallest absolute Gasteiger partial charge is 0.00813 e. The number of hydrogen-bond acceptors (Lipinski definition) is 0. The molecular weight excluding hydrogens is 432 g/mol. The van der Waals surface area contributed by atoms with Crippen LogP contribution in [0.2, 0.25) is 0 Å². The molecule has 0 bridgehead atoms. The molecule has 0 radical (unpaired) electrons. The molecule has 36 heavy (non-hydrogen) atoms. The minimum Gasteiger partial charge on any atom is -0.0808 e. The predicted octanol–water partition coefficient (Wildman–Crippen LogP) is 10.7. The Morgan fingerprint density at radius 3 is 1.69 bits per heavy atom. The monoisotopic (exact) mass is 476 g/mol. The summed E-state index contributed by atoms with van der Waals surface area (Å²) < 4.78 is 0.